The Hall–Kier alpha value is -3.75. The molecule has 36 heavy (non-hydrogen) atoms. The second kappa shape index (κ2) is 11.3. The summed E-state index contributed by atoms with van der Waals surface area (Å²) in [5.74, 6) is 0.0685. The Morgan fingerprint density at radius 3 is 2.53 bits per heavy atom. The summed E-state index contributed by atoms with van der Waals surface area (Å²) in [6.45, 7) is 7.14. The zero-order valence-electron chi connectivity index (χ0n) is 20.9. The highest BCUT2D eigenvalue weighted by Gasteiger charge is 2.22. The molecule has 3 aromatic rings. The molecule has 1 fully saturated rings. The maximum atomic E-state index is 14.5. The van der Waals surface area contributed by atoms with Crippen molar-refractivity contribution in [2.24, 2.45) is 5.92 Å². The molecule has 0 atom stereocenters. The molecular formula is C27H34FN5O3. The first kappa shape index (κ1) is 25.3. The molecule has 1 aliphatic rings. The predicted molar refractivity (Wildman–Crippen MR) is 139 cm³/mol. The van der Waals surface area contributed by atoms with Crippen molar-refractivity contribution < 1.29 is 15.3 Å². The summed E-state index contributed by atoms with van der Waals surface area (Å²) in [5.41, 5.74) is 1.26. The largest absolute Gasteiger partial charge is 0.490 e. The lowest BCUT2D eigenvalue weighted by molar-refractivity contribution is -0.118. The normalized spacial score (nSPS) is 14.2. The van der Waals surface area contributed by atoms with Crippen LogP contribution in [0.15, 0.2) is 53.7 Å². The average molecular weight is 496 g/mol. The van der Waals surface area contributed by atoms with Crippen LogP contribution in [0.4, 0.5) is 16.0 Å². The van der Waals surface area contributed by atoms with E-state index in [1.807, 2.05) is 12.4 Å². The maximum Gasteiger partial charge on any atom is 0.258 e. The Labute approximate surface area is 211 Å². The predicted octanol–water partition coefficient (Wildman–Crippen LogP) is 4.61. The molecule has 3 heterocycles. The number of halogens is 1. The van der Waals surface area contributed by atoms with E-state index < -0.39 is 5.82 Å². The summed E-state index contributed by atoms with van der Waals surface area (Å²) in [6.07, 6.45) is 8.96. The fourth-order valence-corrected chi connectivity index (χ4v) is 4.07. The number of carbonyl (C=O) groups excluding carboxylic acids is 1. The maximum absolute atomic E-state index is 14.5. The fourth-order valence-electron chi connectivity index (χ4n) is 4.07. The second-order valence-electron chi connectivity index (χ2n) is 9.32. The van der Waals surface area contributed by atoms with Crippen LogP contribution >= 0.6 is 0 Å². The van der Waals surface area contributed by atoms with Gasteiger partial charge in [0.05, 0.1) is 11.4 Å². The zero-order chi connectivity index (χ0) is 25.7. The third-order valence-electron chi connectivity index (χ3n) is 6.16. The van der Waals surface area contributed by atoms with Crippen molar-refractivity contribution in [2.75, 3.05) is 23.3 Å². The van der Waals surface area contributed by atoms with Crippen LogP contribution in [0, 0.1) is 11.7 Å². The molecule has 4 rings (SSSR count). The van der Waals surface area contributed by atoms with Gasteiger partial charge in [-0.1, -0.05) is 27.2 Å². The van der Waals surface area contributed by atoms with Gasteiger partial charge in [0.1, 0.15) is 17.7 Å². The number of hydrogen-bond acceptors (Lipinski definition) is 6. The number of benzene rings is 1. The van der Waals surface area contributed by atoms with Gasteiger partial charge < -0.3 is 15.0 Å². The molecule has 2 aromatic heterocycles. The number of hydrogen-bond donors (Lipinski definition) is 1. The number of piperidine rings is 1. The van der Waals surface area contributed by atoms with Crippen molar-refractivity contribution in [3.8, 4) is 11.4 Å². The number of carbonyl (C=O) groups is 1. The molecule has 0 radical (unpaired) electrons. The highest BCUT2D eigenvalue weighted by atomic mass is 19.1. The van der Waals surface area contributed by atoms with Gasteiger partial charge in [-0.25, -0.2) is 14.4 Å². The van der Waals surface area contributed by atoms with E-state index in [-0.39, 0.29) is 30.6 Å². The Balaban J connectivity index is 0.00000380. The van der Waals surface area contributed by atoms with Crippen molar-refractivity contribution >= 4 is 17.5 Å². The van der Waals surface area contributed by atoms with Gasteiger partial charge in [-0.3, -0.25) is 14.2 Å². The summed E-state index contributed by atoms with van der Waals surface area (Å²) in [6, 6.07) is 7.39. The molecule has 0 spiro atoms. The van der Waals surface area contributed by atoms with Crippen LogP contribution < -0.4 is 20.5 Å². The number of amides is 1. The summed E-state index contributed by atoms with van der Waals surface area (Å²) in [7, 11) is 0. The summed E-state index contributed by atoms with van der Waals surface area (Å²) >= 11 is 0. The molecule has 0 unspecified atom stereocenters. The quantitative estimate of drug-likeness (QED) is 0.491. The van der Waals surface area contributed by atoms with Gasteiger partial charge in [0, 0.05) is 64.0 Å². The van der Waals surface area contributed by atoms with Crippen molar-refractivity contribution in [3.63, 3.8) is 0 Å². The molecule has 8 nitrogen and oxygen atoms in total. The van der Waals surface area contributed by atoms with Gasteiger partial charge in [-0.2, -0.15) is 0 Å². The van der Waals surface area contributed by atoms with E-state index in [4.69, 9.17) is 4.74 Å². The number of aryl methyl sites for hydroxylation is 1. The Kier molecular flexibility index (Phi) is 7.97. The summed E-state index contributed by atoms with van der Waals surface area (Å²) in [5, 5.41) is 2.55. The third kappa shape index (κ3) is 6.08. The monoisotopic (exact) mass is 495 g/mol. The number of ether oxygens (including phenoxy) is 1. The minimum absolute atomic E-state index is 0. The zero-order valence-corrected chi connectivity index (χ0v) is 20.9. The number of pyridine rings is 1. The van der Waals surface area contributed by atoms with Gasteiger partial charge >= 0.3 is 0 Å². The SMILES string of the molecule is CCCc1cnc(N2CCC(Oc3ccn(-c4ccc(NC(=O)C(C)C)c(F)c4)c(=O)c3)CC2)nc1.[HH]. The molecule has 1 aromatic carbocycles. The van der Waals surface area contributed by atoms with Crippen molar-refractivity contribution in [2.45, 2.75) is 52.6 Å². The molecule has 0 saturated carbocycles. The topological polar surface area (TPSA) is 89.4 Å². The number of nitrogens with one attached hydrogen (secondary N) is 1. The number of anilines is 2. The van der Waals surface area contributed by atoms with Crippen LogP contribution in [0.2, 0.25) is 0 Å². The van der Waals surface area contributed by atoms with Gasteiger partial charge in [0.2, 0.25) is 11.9 Å². The molecule has 0 aliphatic carbocycles. The third-order valence-corrected chi connectivity index (χ3v) is 6.16. The van der Waals surface area contributed by atoms with E-state index in [2.05, 4.69) is 27.1 Å². The first-order valence-corrected chi connectivity index (χ1v) is 12.4. The second-order valence-corrected chi connectivity index (χ2v) is 9.32. The molecule has 0 bridgehead atoms. The van der Waals surface area contributed by atoms with Crippen LogP contribution in [-0.4, -0.2) is 39.6 Å². The van der Waals surface area contributed by atoms with E-state index in [1.165, 1.54) is 22.8 Å². The van der Waals surface area contributed by atoms with E-state index in [0.717, 1.165) is 50.3 Å². The standard InChI is InChI=1S/C27H32FN5O3.H2/c1-4-5-19-16-29-27(30-17-19)32-11-8-21(9-12-32)36-22-10-13-33(25(34)15-22)20-6-7-24(23(28)14-20)31-26(35)18(2)3;/h6-7,10,13-18,21H,4-5,8-9,11-12H2,1-3H3,(H,31,35);1H. The fraction of sp³-hybridized carbons (Fsp3) is 0.407. The smallest absolute Gasteiger partial charge is 0.258 e. The van der Waals surface area contributed by atoms with E-state index in [1.54, 1.807) is 32.2 Å². The Morgan fingerprint density at radius 1 is 1.19 bits per heavy atom. The Bertz CT molecular complexity index is 1260. The molecule has 1 N–H and O–H groups in total. The first-order chi connectivity index (χ1) is 17.3. The van der Waals surface area contributed by atoms with Crippen LogP contribution in [0.1, 0.15) is 47.0 Å². The first-order valence-electron chi connectivity index (χ1n) is 12.4. The van der Waals surface area contributed by atoms with Crippen molar-refractivity contribution in [1.29, 1.82) is 0 Å². The highest BCUT2D eigenvalue weighted by Crippen LogP contribution is 2.22. The molecule has 192 valence electrons. The molecule has 9 heteroatoms. The molecule has 1 saturated heterocycles. The lowest BCUT2D eigenvalue weighted by Gasteiger charge is -2.32. The number of rotatable bonds is 8. The van der Waals surface area contributed by atoms with Crippen molar-refractivity contribution in [1.82, 2.24) is 14.5 Å². The van der Waals surface area contributed by atoms with Gasteiger partial charge in [-0.15, -0.1) is 0 Å². The summed E-state index contributed by atoms with van der Waals surface area (Å²) in [4.78, 5) is 35.7. The molecular weight excluding hydrogens is 461 g/mol. The Morgan fingerprint density at radius 2 is 1.92 bits per heavy atom. The van der Waals surface area contributed by atoms with Gasteiger partial charge in [0.15, 0.2) is 0 Å². The summed E-state index contributed by atoms with van der Waals surface area (Å²) < 4.78 is 21.9. The molecule has 1 amide bonds. The minimum atomic E-state index is -0.607. The van der Waals surface area contributed by atoms with Crippen LogP contribution in [0.3, 0.4) is 0 Å². The lowest BCUT2D eigenvalue weighted by atomic mass is 10.1. The van der Waals surface area contributed by atoms with Crippen LogP contribution in [-0.2, 0) is 11.2 Å². The van der Waals surface area contributed by atoms with Crippen LogP contribution in [0.25, 0.3) is 5.69 Å². The average Bonchev–Trinajstić information content (AvgIpc) is 2.86. The number of nitrogens with zero attached hydrogens (tertiary/aromatic N) is 4. The highest BCUT2D eigenvalue weighted by molar-refractivity contribution is 5.92. The van der Waals surface area contributed by atoms with E-state index in [9.17, 15) is 14.0 Å². The minimum Gasteiger partial charge on any atom is -0.490 e. The van der Waals surface area contributed by atoms with Crippen molar-refractivity contribution in [3.05, 3.63) is 70.7 Å². The van der Waals surface area contributed by atoms with Crippen LogP contribution in [0.5, 0.6) is 5.75 Å². The lowest BCUT2D eigenvalue weighted by Crippen LogP contribution is -2.39. The van der Waals surface area contributed by atoms with E-state index in [0.29, 0.717) is 11.4 Å². The number of aromatic nitrogens is 3. The van der Waals surface area contributed by atoms with Gasteiger partial charge in [0.25, 0.3) is 5.56 Å². The molecule has 1 aliphatic heterocycles. The van der Waals surface area contributed by atoms with Gasteiger partial charge in [-0.05, 0) is 30.2 Å². The van der Waals surface area contributed by atoms with E-state index >= 15 is 0 Å².